The maximum atomic E-state index is 13.6. The van der Waals surface area contributed by atoms with Crippen molar-refractivity contribution in [1.29, 1.82) is 0 Å². The fourth-order valence-corrected chi connectivity index (χ4v) is 5.63. The molecular weight excluding hydrogens is 550 g/mol. The van der Waals surface area contributed by atoms with Crippen LogP contribution in [-0.2, 0) is 25.5 Å². The first-order chi connectivity index (χ1) is 14.9. The van der Waals surface area contributed by atoms with Crippen LogP contribution in [0.4, 0.5) is 5.69 Å². The van der Waals surface area contributed by atoms with Crippen LogP contribution in [0.25, 0.3) is 0 Å². The van der Waals surface area contributed by atoms with Crippen LogP contribution >= 0.6 is 65.6 Å². The van der Waals surface area contributed by atoms with E-state index in [4.69, 9.17) is 16.3 Å². The quantitative estimate of drug-likeness (QED) is 0.527. The number of carbonyl (C=O) groups is 4. The molecule has 2 saturated heterocycles. The predicted molar refractivity (Wildman–Crippen MR) is 153 cm³/mol. The fourth-order valence-electron chi connectivity index (χ4n) is 5.27. The van der Waals surface area contributed by atoms with Gasteiger partial charge in [-0.05, 0) is 42.5 Å². The zero-order valence-corrected chi connectivity index (χ0v) is 23.7. The molecule has 0 radical (unpaired) electrons. The minimum Gasteiger partial charge on any atom is -0.366 e. The molecule has 3 fully saturated rings. The van der Waals surface area contributed by atoms with Gasteiger partial charge in [-0.1, -0.05) is 12.8 Å². The van der Waals surface area contributed by atoms with Gasteiger partial charge in [0.05, 0.1) is 11.8 Å². The van der Waals surface area contributed by atoms with Gasteiger partial charge >= 0.3 is 0 Å². The third kappa shape index (κ3) is 6.10. The summed E-state index contributed by atoms with van der Waals surface area (Å²) in [5, 5.41) is 5.24. The van der Waals surface area contributed by atoms with Gasteiger partial charge in [0, 0.05) is 17.8 Å². The second-order valence-corrected chi connectivity index (χ2v) is 9.35. The molecule has 3 amide bonds. The Morgan fingerprint density at radius 1 is 1.11 bits per heavy atom. The van der Waals surface area contributed by atoms with Crippen molar-refractivity contribution in [2.24, 2.45) is 5.92 Å². The number of benzene rings is 1. The number of likely N-dealkylation sites (tertiary alicyclic amines) is 1. The molecule has 1 aromatic carbocycles. The molecule has 1 aromatic rings. The highest BCUT2D eigenvalue weighted by atomic mass is 35.5. The van der Waals surface area contributed by atoms with Gasteiger partial charge in [0.25, 0.3) is 5.91 Å². The fraction of sp³-hybridized carbons (Fsp3) is 0.545. The first kappa shape index (κ1) is 32.0. The number of nitrogens with one attached hydrogen (secondary N) is 2. The molecule has 0 bridgehead atoms. The molecule has 0 spiro atoms. The largest absolute Gasteiger partial charge is 0.366 e. The molecule has 1 aliphatic carbocycles. The number of nitrogens with zero attached hydrogens (tertiary/aromatic N) is 1. The Bertz CT molecular complexity index is 978. The van der Waals surface area contributed by atoms with E-state index in [1.54, 1.807) is 18.2 Å². The van der Waals surface area contributed by atoms with Crippen molar-refractivity contribution in [3.8, 4) is 0 Å². The second-order valence-electron chi connectivity index (χ2n) is 8.79. The molecular formula is C22H32ClN3O5S4. The smallest absolute Gasteiger partial charge is 0.251 e. The molecule has 0 aromatic heterocycles. The number of alkyl halides is 1. The summed E-state index contributed by atoms with van der Waals surface area (Å²) < 4.78 is 5.49. The molecule has 3 aliphatic heterocycles. The number of ketones is 1. The molecule has 0 unspecified atom stereocenters. The lowest BCUT2D eigenvalue weighted by atomic mass is 9.95. The number of hydrogen-bond acceptors (Lipinski definition) is 5. The van der Waals surface area contributed by atoms with Gasteiger partial charge in [0.15, 0.2) is 5.78 Å². The van der Waals surface area contributed by atoms with E-state index in [-0.39, 0.29) is 103 Å². The van der Waals surface area contributed by atoms with E-state index in [0.717, 1.165) is 31.2 Å². The van der Waals surface area contributed by atoms with E-state index in [1.165, 1.54) is 4.90 Å². The van der Waals surface area contributed by atoms with Crippen LogP contribution in [0.15, 0.2) is 18.2 Å². The summed E-state index contributed by atoms with van der Waals surface area (Å²) in [5.41, 5.74) is 1.88. The number of amides is 3. The summed E-state index contributed by atoms with van der Waals surface area (Å²) in [6.45, 7) is 0.192. The predicted octanol–water partition coefficient (Wildman–Crippen LogP) is 1.71. The van der Waals surface area contributed by atoms with E-state index in [2.05, 4.69) is 10.6 Å². The van der Waals surface area contributed by atoms with Gasteiger partial charge in [-0.15, -0.1) is 11.6 Å². The molecule has 8 nitrogen and oxygen atoms in total. The average molecular weight is 582 g/mol. The summed E-state index contributed by atoms with van der Waals surface area (Å²) >= 11 is 6.36. The number of Topliss-reactive ketones (excluding diaryl/α,β-unsaturated/α-hetero) is 1. The molecule has 13 heteroatoms. The van der Waals surface area contributed by atoms with Gasteiger partial charge in [0.1, 0.15) is 24.8 Å². The Labute approximate surface area is 237 Å². The van der Waals surface area contributed by atoms with E-state index < -0.39 is 23.6 Å². The number of halogens is 1. The molecule has 4 aliphatic rings. The highest BCUT2D eigenvalue weighted by Crippen LogP contribution is 2.34. The number of rotatable bonds is 4. The van der Waals surface area contributed by atoms with Crippen LogP contribution in [0, 0.1) is 5.92 Å². The summed E-state index contributed by atoms with van der Waals surface area (Å²) in [5.74, 6) is -0.864. The van der Waals surface area contributed by atoms with Crippen molar-refractivity contribution in [2.45, 2.75) is 55.7 Å². The molecule has 4 atom stereocenters. The topological polar surface area (TPSA) is 105 Å². The lowest BCUT2D eigenvalue weighted by Gasteiger charge is -2.30. The molecule has 196 valence electrons. The van der Waals surface area contributed by atoms with E-state index in [9.17, 15) is 19.2 Å². The van der Waals surface area contributed by atoms with Gasteiger partial charge in [-0.3, -0.25) is 19.2 Å². The molecule has 1 saturated carbocycles. The minimum absolute atomic E-state index is 0. The normalized spacial score (nSPS) is 25.2. The van der Waals surface area contributed by atoms with Crippen LogP contribution in [0.2, 0.25) is 0 Å². The summed E-state index contributed by atoms with van der Waals surface area (Å²) in [4.78, 5) is 52.1. The molecule has 3 heterocycles. The second kappa shape index (κ2) is 13.0. The first-order valence-electron chi connectivity index (χ1n) is 10.7. The van der Waals surface area contributed by atoms with Crippen molar-refractivity contribution >= 4 is 94.8 Å². The third-order valence-corrected chi connectivity index (χ3v) is 7.21. The first-order valence-corrected chi connectivity index (χ1v) is 11.2. The number of anilines is 1. The summed E-state index contributed by atoms with van der Waals surface area (Å²) in [7, 11) is 0. The molecule has 2 N–H and O–H groups in total. The van der Waals surface area contributed by atoms with Gasteiger partial charge in [0.2, 0.25) is 11.8 Å². The number of fused-ring (bicyclic) bond motifs is 2. The van der Waals surface area contributed by atoms with Crippen LogP contribution in [0.3, 0.4) is 0 Å². The maximum absolute atomic E-state index is 13.6. The Morgan fingerprint density at radius 3 is 2.49 bits per heavy atom. The Kier molecular flexibility index (Phi) is 11.8. The van der Waals surface area contributed by atoms with Crippen molar-refractivity contribution in [1.82, 2.24) is 10.2 Å². The number of ether oxygens (including phenoxy) is 1. The standard InChI is InChI=1S/C22H24ClN3O5.4H2S/c23-14-9-26(19-16(27)10-31-20(14)19)22(30)18(11-3-1-2-4-11)25-21(29)12-5-6-15-13(7-12)8-17(28)24-15;;;;/h5-7,11,14,18-20H,1-4,8-10H2,(H,24,28)(H,25,29);4*1H2/t14-,18-,19+,20+;;;;/m0..../s1. The number of carbonyl (C=O) groups excluding carboxylic acids is 4. The monoisotopic (exact) mass is 581 g/mol. The Hall–Kier alpha value is -1.05. The van der Waals surface area contributed by atoms with Gasteiger partial charge in [-0.25, -0.2) is 0 Å². The lowest BCUT2D eigenvalue weighted by molar-refractivity contribution is -0.139. The highest BCUT2D eigenvalue weighted by molar-refractivity contribution is 7.59. The zero-order valence-electron chi connectivity index (χ0n) is 18.9. The van der Waals surface area contributed by atoms with Crippen molar-refractivity contribution in [3.05, 3.63) is 29.3 Å². The molecule has 35 heavy (non-hydrogen) atoms. The van der Waals surface area contributed by atoms with Gasteiger partial charge in [-0.2, -0.15) is 54.0 Å². The average Bonchev–Trinajstić information content (AvgIpc) is 3.51. The van der Waals surface area contributed by atoms with Crippen molar-refractivity contribution in [3.63, 3.8) is 0 Å². The lowest BCUT2D eigenvalue weighted by Crippen LogP contribution is -2.54. The molecule has 5 rings (SSSR count). The van der Waals surface area contributed by atoms with Crippen molar-refractivity contribution in [2.75, 3.05) is 18.5 Å². The van der Waals surface area contributed by atoms with Crippen LogP contribution < -0.4 is 10.6 Å². The van der Waals surface area contributed by atoms with Gasteiger partial charge < -0.3 is 20.3 Å². The summed E-state index contributed by atoms with van der Waals surface area (Å²) in [6, 6.07) is 3.64. The third-order valence-electron chi connectivity index (χ3n) is 6.82. The Balaban J connectivity index is 0.00000153. The van der Waals surface area contributed by atoms with Crippen LogP contribution in [-0.4, -0.2) is 65.1 Å². The zero-order chi connectivity index (χ0) is 21.7. The minimum atomic E-state index is -0.723. The van der Waals surface area contributed by atoms with Crippen LogP contribution in [0.1, 0.15) is 41.6 Å². The van der Waals surface area contributed by atoms with E-state index in [1.807, 2.05) is 0 Å². The Morgan fingerprint density at radius 2 is 1.80 bits per heavy atom. The number of hydrogen-bond donors (Lipinski definition) is 2. The van der Waals surface area contributed by atoms with E-state index in [0.29, 0.717) is 11.3 Å². The van der Waals surface area contributed by atoms with Crippen molar-refractivity contribution < 1.29 is 23.9 Å². The van der Waals surface area contributed by atoms with Crippen LogP contribution in [0.5, 0.6) is 0 Å². The van der Waals surface area contributed by atoms with E-state index >= 15 is 0 Å². The SMILES string of the molecule is O=C1Cc2cc(C(=O)N[C@H](C(=O)N3C[C@H](Cl)[C@H]4OCC(=O)[C@H]43)C3CCCC3)ccc2N1.S.S.S.S. The summed E-state index contributed by atoms with van der Waals surface area (Å²) in [6.07, 6.45) is 3.44. The maximum Gasteiger partial charge on any atom is 0.251 e. The highest BCUT2D eigenvalue weighted by Gasteiger charge is 2.53.